The maximum Gasteiger partial charge on any atom is 0.239 e. The van der Waals surface area contributed by atoms with Crippen LogP contribution in [0.3, 0.4) is 0 Å². The van der Waals surface area contributed by atoms with Gasteiger partial charge in [0.05, 0.1) is 24.6 Å². The van der Waals surface area contributed by atoms with Gasteiger partial charge in [0.25, 0.3) is 0 Å². The number of nitrogens with zero attached hydrogens (tertiary/aromatic N) is 1. The lowest BCUT2D eigenvalue weighted by atomic mass is 9.95. The van der Waals surface area contributed by atoms with Gasteiger partial charge in [-0.05, 0) is 38.8 Å². The summed E-state index contributed by atoms with van der Waals surface area (Å²) in [5.74, 6) is 0.227. The second-order valence-corrected chi connectivity index (χ2v) is 8.75. The molecule has 0 atom stereocenters. The topological polar surface area (TPSA) is 75.7 Å². The van der Waals surface area contributed by atoms with Crippen molar-refractivity contribution in [3.63, 3.8) is 0 Å². The Morgan fingerprint density at radius 1 is 1.24 bits per heavy atom. The van der Waals surface area contributed by atoms with Gasteiger partial charge in [0, 0.05) is 6.04 Å². The Labute approximate surface area is 150 Å². The lowest BCUT2D eigenvalue weighted by molar-refractivity contribution is -0.116. The van der Waals surface area contributed by atoms with Crippen molar-refractivity contribution in [1.82, 2.24) is 4.31 Å². The molecule has 1 aliphatic carbocycles. The third kappa shape index (κ3) is 6.01. The van der Waals surface area contributed by atoms with Crippen molar-refractivity contribution in [2.75, 3.05) is 18.1 Å². The number of nitrogens with one attached hydrogen (secondary N) is 1. The zero-order valence-electron chi connectivity index (χ0n) is 15.2. The van der Waals surface area contributed by atoms with Crippen LogP contribution >= 0.6 is 0 Å². The molecule has 1 amide bonds. The monoisotopic (exact) mass is 368 g/mol. The Morgan fingerprint density at radius 3 is 2.48 bits per heavy atom. The van der Waals surface area contributed by atoms with E-state index in [-0.39, 0.29) is 24.6 Å². The predicted molar refractivity (Wildman–Crippen MR) is 99.3 cm³/mol. The van der Waals surface area contributed by atoms with E-state index in [1.54, 1.807) is 18.2 Å². The van der Waals surface area contributed by atoms with Gasteiger partial charge in [0.1, 0.15) is 5.75 Å². The fourth-order valence-electron chi connectivity index (χ4n) is 3.14. The van der Waals surface area contributed by atoms with Crippen molar-refractivity contribution in [3.05, 3.63) is 24.3 Å². The number of amides is 1. The summed E-state index contributed by atoms with van der Waals surface area (Å²) in [6, 6.07) is 7.08. The van der Waals surface area contributed by atoms with Crippen molar-refractivity contribution in [3.8, 4) is 5.75 Å². The van der Waals surface area contributed by atoms with Gasteiger partial charge in [-0.3, -0.25) is 4.79 Å². The Balaban J connectivity index is 2.09. The molecular weight excluding hydrogens is 340 g/mol. The number of rotatable bonds is 7. The molecule has 0 unspecified atom stereocenters. The molecule has 0 aliphatic heterocycles. The van der Waals surface area contributed by atoms with Gasteiger partial charge in [-0.25, -0.2) is 8.42 Å². The van der Waals surface area contributed by atoms with Gasteiger partial charge < -0.3 is 10.1 Å². The van der Waals surface area contributed by atoms with Crippen molar-refractivity contribution in [1.29, 1.82) is 0 Å². The van der Waals surface area contributed by atoms with Crippen LogP contribution in [0.5, 0.6) is 5.75 Å². The fourth-order valence-corrected chi connectivity index (χ4v) is 4.25. The minimum absolute atomic E-state index is 0.0205. The smallest absolute Gasteiger partial charge is 0.239 e. The summed E-state index contributed by atoms with van der Waals surface area (Å²) in [6.45, 7) is 3.65. The Kier molecular flexibility index (Phi) is 6.84. The van der Waals surface area contributed by atoms with E-state index in [9.17, 15) is 13.2 Å². The van der Waals surface area contributed by atoms with Gasteiger partial charge in [-0.2, -0.15) is 4.31 Å². The number of carbonyl (C=O) groups is 1. The number of hydrogen-bond donors (Lipinski definition) is 1. The van der Waals surface area contributed by atoms with E-state index in [0.29, 0.717) is 11.4 Å². The second-order valence-electron chi connectivity index (χ2n) is 6.81. The average molecular weight is 368 g/mol. The minimum Gasteiger partial charge on any atom is -0.489 e. The molecule has 0 bridgehead atoms. The maximum absolute atomic E-state index is 12.5. The summed E-state index contributed by atoms with van der Waals surface area (Å²) in [5, 5.41) is 2.79. The molecule has 6 nitrogen and oxygen atoms in total. The number of carbonyl (C=O) groups excluding carboxylic acids is 1. The van der Waals surface area contributed by atoms with E-state index in [1.165, 1.54) is 10.6 Å². The molecule has 1 aromatic carbocycles. The highest BCUT2D eigenvalue weighted by Gasteiger charge is 2.30. The van der Waals surface area contributed by atoms with Crippen LogP contribution in [0.15, 0.2) is 24.3 Å². The quantitative estimate of drug-likeness (QED) is 0.803. The summed E-state index contributed by atoms with van der Waals surface area (Å²) in [5.41, 5.74) is 0.554. The van der Waals surface area contributed by atoms with Crippen LogP contribution in [-0.4, -0.2) is 43.6 Å². The van der Waals surface area contributed by atoms with Gasteiger partial charge in [0.15, 0.2) is 0 Å². The Hall–Kier alpha value is -1.60. The molecule has 7 heteroatoms. The van der Waals surface area contributed by atoms with Crippen LogP contribution in [0.4, 0.5) is 5.69 Å². The number of para-hydroxylation sites is 2. The first-order valence-corrected chi connectivity index (χ1v) is 10.6. The largest absolute Gasteiger partial charge is 0.489 e. The van der Waals surface area contributed by atoms with E-state index < -0.39 is 10.0 Å². The zero-order valence-corrected chi connectivity index (χ0v) is 16.0. The molecule has 1 aliphatic rings. The summed E-state index contributed by atoms with van der Waals surface area (Å²) in [4.78, 5) is 12.5. The van der Waals surface area contributed by atoms with Gasteiger partial charge >= 0.3 is 0 Å². The van der Waals surface area contributed by atoms with Crippen LogP contribution in [0.2, 0.25) is 0 Å². The standard InChI is InChI=1S/C18H28N2O4S/c1-14(2)24-17-12-8-7-11-16(17)19-18(21)13-20(25(3,22)23)15-9-5-4-6-10-15/h7-8,11-12,14-15H,4-6,9-10,13H2,1-3H3,(H,19,21). The molecule has 0 saturated heterocycles. The molecular formula is C18H28N2O4S. The van der Waals surface area contributed by atoms with E-state index >= 15 is 0 Å². The summed E-state index contributed by atoms with van der Waals surface area (Å²) < 4.78 is 31.3. The SMILES string of the molecule is CC(C)Oc1ccccc1NC(=O)CN(C1CCCCC1)S(C)(=O)=O. The van der Waals surface area contributed by atoms with Gasteiger partial charge in [-0.15, -0.1) is 0 Å². The Morgan fingerprint density at radius 2 is 1.88 bits per heavy atom. The molecule has 0 heterocycles. The van der Waals surface area contributed by atoms with Crippen LogP contribution in [0.1, 0.15) is 46.0 Å². The molecule has 1 N–H and O–H groups in total. The van der Waals surface area contributed by atoms with E-state index in [0.717, 1.165) is 32.1 Å². The number of ether oxygens (including phenoxy) is 1. The van der Waals surface area contributed by atoms with Crippen LogP contribution in [-0.2, 0) is 14.8 Å². The fraction of sp³-hybridized carbons (Fsp3) is 0.611. The molecule has 1 saturated carbocycles. The normalized spacial score (nSPS) is 16.2. The molecule has 1 fully saturated rings. The number of sulfonamides is 1. The van der Waals surface area contributed by atoms with E-state index in [2.05, 4.69) is 5.32 Å². The van der Waals surface area contributed by atoms with E-state index in [4.69, 9.17) is 4.74 Å². The summed E-state index contributed by atoms with van der Waals surface area (Å²) in [6.07, 6.45) is 5.91. The van der Waals surface area contributed by atoms with Gasteiger partial charge in [-0.1, -0.05) is 31.4 Å². The zero-order chi connectivity index (χ0) is 18.4. The summed E-state index contributed by atoms with van der Waals surface area (Å²) in [7, 11) is -3.44. The van der Waals surface area contributed by atoms with Gasteiger partial charge in [0.2, 0.25) is 15.9 Å². The Bertz CT molecular complexity index is 682. The number of anilines is 1. The molecule has 140 valence electrons. The molecule has 1 aromatic rings. The van der Waals surface area contributed by atoms with Crippen molar-refractivity contribution in [2.24, 2.45) is 0 Å². The van der Waals surface area contributed by atoms with E-state index in [1.807, 2.05) is 19.9 Å². The lowest BCUT2D eigenvalue weighted by Crippen LogP contribution is -2.45. The number of hydrogen-bond acceptors (Lipinski definition) is 4. The first-order valence-electron chi connectivity index (χ1n) is 8.79. The third-order valence-electron chi connectivity index (χ3n) is 4.23. The molecule has 0 spiro atoms. The summed E-state index contributed by atoms with van der Waals surface area (Å²) >= 11 is 0. The number of benzene rings is 1. The maximum atomic E-state index is 12.5. The lowest BCUT2D eigenvalue weighted by Gasteiger charge is -2.31. The van der Waals surface area contributed by atoms with Crippen molar-refractivity contribution < 1.29 is 17.9 Å². The van der Waals surface area contributed by atoms with Crippen LogP contribution < -0.4 is 10.1 Å². The molecule has 0 radical (unpaired) electrons. The molecule has 2 rings (SSSR count). The highest BCUT2D eigenvalue weighted by atomic mass is 32.2. The predicted octanol–water partition coefficient (Wildman–Crippen LogP) is 3.01. The molecule has 0 aromatic heterocycles. The van der Waals surface area contributed by atoms with Crippen molar-refractivity contribution >= 4 is 21.6 Å². The first-order chi connectivity index (χ1) is 11.8. The van der Waals surface area contributed by atoms with Crippen LogP contribution in [0, 0.1) is 0 Å². The highest BCUT2D eigenvalue weighted by molar-refractivity contribution is 7.88. The van der Waals surface area contributed by atoms with Crippen LogP contribution in [0.25, 0.3) is 0 Å². The third-order valence-corrected chi connectivity index (χ3v) is 5.51. The minimum atomic E-state index is -3.44. The first kappa shape index (κ1) is 19.7. The second kappa shape index (κ2) is 8.67. The molecule has 25 heavy (non-hydrogen) atoms. The average Bonchev–Trinajstić information content (AvgIpc) is 2.54. The highest BCUT2D eigenvalue weighted by Crippen LogP contribution is 2.26. The van der Waals surface area contributed by atoms with Crippen molar-refractivity contribution in [2.45, 2.75) is 58.1 Å².